The lowest BCUT2D eigenvalue weighted by molar-refractivity contribution is -0.113. The van der Waals surface area contributed by atoms with Crippen LogP contribution >= 0.6 is 11.8 Å². The predicted octanol–water partition coefficient (Wildman–Crippen LogP) is 1.58. The zero-order valence-electron chi connectivity index (χ0n) is 9.64. The molecule has 0 fully saturated rings. The van der Waals surface area contributed by atoms with E-state index in [1.54, 1.807) is 24.3 Å². The van der Waals surface area contributed by atoms with E-state index >= 15 is 0 Å². The van der Waals surface area contributed by atoms with Crippen molar-refractivity contribution in [3.8, 4) is 6.07 Å². The Morgan fingerprint density at radius 1 is 1.53 bits per heavy atom. The number of benzene rings is 1. The molecule has 1 aromatic carbocycles. The van der Waals surface area contributed by atoms with Gasteiger partial charge in [-0.15, -0.1) is 0 Å². The van der Waals surface area contributed by atoms with Crippen molar-refractivity contribution in [1.82, 2.24) is 0 Å². The van der Waals surface area contributed by atoms with E-state index < -0.39 is 0 Å². The summed E-state index contributed by atoms with van der Waals surface area (Å²) in [5.74, 6) is 1.10. The van der Waals surface area contributed by atoms with Crippen molar-refractivity contribution >= 4 is 23.4 Å². The Hall–Kier alpha value is -1.51. The number of rotatable bonds is 5. The third-order valence-corrected chi connectivity index (χ3v) is 3.14. The van der Waals surface area contributed by atoms with E-state index in [2.05, 4.69) is 5.32 Å². The molecule has 17 heavy (non-hydrogen) atoms. The van der Waals surface area contributed by atoms with Gasteiger partial charge in [0.1, 0.15) is 0 Å². The van der Waals surface area contributed by atoms with Crippen molar-refractivity contribution in [2.75, 3.05) is 16.8 Å². The predicted molar refractivity (Wildman–Crippen MR) is 70.8 cm³/mol. The molecule has 4 nitrogen and oxygen atoms in total. The van der Waals surface area contributed by atoms with Crippen LogP contribution in [0.3, 0.4) is 0 Å². The molecule has 1 amide bonds. The molecule has 0 saturated carbocycles. The molecule has 0 bridgehead atoms. The molecule has 0 aliphatic heterocycles. The number of nitrogens with two attached hydrogens (primary N) is 1. The molecule has 0 radical (unpaired) electrons. The molecular formula is C12H15N3OS. The summed E-state index contributed by atoms with van der Waals surface area (Å²) in [6.07, 6.45) is 0. The van der Waals surface area contributed by atoms with Gasteiger partial charge in [0.2, 0.25) is 5.91 Å². The van der Waals surface area contributed by atoms with Crippen LogP contribution in [-0.2, 0) is 4.79 Å². The number of nitrogens with zero attached hydrogens (tertiary/aromatic N) is 1. The van der Waals surface area contributed by atoms with Crippen molar-refractivity contribution in [2.45, 2.75) is 13.0 Å². The fourth-order valence-electron chi connectivity index (χ4n) is 1.16. The molecule has 0 aliphatic carbocycles. The van der Waals surface area contributed by atoms with E-state index in [0.29, 0.717) is 17.0 Å². The van der Waals surface area contributed by atoms with Gasteiger partial charge >= 0.3 is 0 Å². The highest BCUT2D eigenvalue weighted by Crippen LogP contribution is 2.10. The van der Waals surface area contributed by atoms with Crippen LogP contribution in [0.15, 0.2) is 24.3 Å². The Bertz CT molecular complexity index is 409. The summed E-state index contributed by atoms with van der Waals surface area (Å²) in [6, 6.07) is 8.90. The highest BCUT2D eigenvalue weighted by Gasteiger charge is 2.03. The second-order valence-electron chi connectivity index (χ2n) is 3.73. The van der Waals surface area contributed by atoms with Crippen LogP contribution in [0, 0.1) is 11.3 Å². The third-order valence-electron chi connectivity index (χ3n) is 1.91. The number of nitriles is 1. The van der Waals surface area contributed by atoms with Gasteiger partial charge in [0.15, 0.2) is 0 Å². The van der Waals surface area contributed by atoms with Gasteiger partial charge < -0.3 is 11.1 Å². The Balaban J connectivity index is 2.37. The van der Waals surface area contributed by atoms with Crippen LogP contribution in [0.1, 0.15) is 12.5 Å². The number of carbonyl (C=O) groups excluding carboxylic acids is 1. The van der Waals surface area contributed by atoms with Crippen molar-refractivity contribution in [2.24, 2.45) is 5.73 Å². The number of carbonyl (C=O) groups is 1. The number of nitrogens with one attached hydrogen (secondary N) is 1. The Kier molecular flexibility index (Phi) is 5.53. The quantitative estimate of drug-likeness (QED) is 0.830. The van der Waals surface area contributed by atoms with E-state index in [1.165, 1.54) is 11.8 Å². The fraction of sp³-hybridized carbons (Fsp3) is 0.333. The standard InChI is InChI=1S/C12H15N3OS/c1-9(14)7-17-8-12(16)15-11-4-2-10(6-13)3-5-11/h2-5,9H,7-8,14H2,1H3,(H,15,16). The molecule has 3 N–H and O–H groups in total. The van der Waals surface area contributed by atoms with Gasteiger partial charge in [-0.05, 0) is 31.2 Å². The second kappa shape index (κ2) is 6.94. The molecule has 0 aromatic heterocycles. The van der Waals surface area contributed by atoms with Gasteiger partial charge in [-0.3, -0.25) is 4.79 Å². The number of hydrogen-bond donors (Lipinski definition) is 2. The van der Waals surface area contributed by atoms with Crippen molar-refractivity contribution in [1.29, 1.82) is 5.26 Å². The van der Waals surface area contributed by atoms with E-state index in [1.807, 2.05) is 13.0 Å². The summed E-state index contributed by atoms with van der Waals surface area (Å²) >= 11 is 1.51. The minimum atomic E-state index is -0.0552. The summed E-state index contributed by atoms with van der Waals surface area (Å²) in [5.41, 5.74) is 6.86. The first-order valence-electron chi connectivity index (χ1n) is 5.25. The first-order valence-corrected chi connectivity index (χ1v) is 6.40. The van der Waals surface area contributed by atoms with Gasteiger partial charge in [0.25, 0.3) is 0 Å². The number of hydrogen-bond acceptors (Lipinski definition) is 4. The van der Waals surface area contributed by atoms with Crippen LogP contribution in [-0.4, -0.2) is 23.5 Å². The average Bonchev–Trinajstić information content (AvgIpc) is 2.29. The fourth-order valence-corrected chi connectivity index (χ4v) is 1.91. The first-order chi connectivity index (χ1) is 8.11. The van der Waals surface area contributed by atoms with Crippen molar-refractivity contribution in [3.05, 3.63) is 29.8 Å². The van der Waals surface area contributed by atoms with Crippen LogP contribution in [0.25, 0.3) is 0 Å². The van der Waals surface area contributed by atoms with Crippen molar-refractivity contribution in [3.63, 3.8) is 0 Å². The number of amides is 1. The van der Waals surface area contributed by atoms with Crippen LogP contribution < -0.4 is 11.1 Å². The molecule has 1 aromatic rings. The lowest BCUT2D eigenvalue weighted by atomic mass is 10.2. The zero-order valence-corrected chi connectivity index (χ0v) is 10.5. The molecule has 0 aliphatic rings. The molecule has 90 valence electrons. The van der Waals surface area contributed by atoms with Crippen LogP contribution in [0.2, 0.25) is 0 Å². The summed E-state index contributed by atoms with van der Waals surface area (Å²) in [6.45, 7) is 1.91. The minimum absolute atomic E-state index is 0.0552. The lowest BCUT2D eigenvalue weighted by Crippen LogP contribution is -2.20. The molecule has 0 spiro atoms. The SMILES string of the molecule is CC(N)CSCC(=O)Nc1ccc(C#N)cc1. The molecule has 1 unspecified atom stereocenters. The maximum absolute atomic E-state index is 11.5. The monoisotopic (exact) mass is 249 g/mol. The second-order valence-corrected chi connectivity index (χ2v) is 4.76. The molecule has 5 heteroatoms. The van der Waals surface area contributed by atoms with Gasteiger partial charge in [-0.25, -0.2) is 0 Å². The zero-order chi connectivity index (χ0) is 12.7. The third kappa shape index (κ3) is 5.38. The average molecular weight is 249 g/mol. The molecule has 1 rings (SSSR count). The molecule has 1 atom stereocenters. The summed E-state index contributed by atoms with van der Waals surface area (Å²) in [4.78, 5) is 11.5. The van der Waals surface area contributed by atoms with Gasteiger partial charge in [-0.2, -0.15) is 17.0 Å². The van der Waals surface area contributed by atoms with Gasteiger partial charge in [0.05, 0.1) is 17.4 Å². The van der Waals surface area contributed by atoms with Crippen molar-refractivity contribution < 1.29 is 4.79 Å². The molecule has 0 saturated heterocycles. The van der Waals surface area contributed by atoms with E-state index in [0.717, 1.165) is 5.75 Å². The molecular weight excluding hydrogens is 234 g/mol. The summed E-state index contributed by atoms with van der Waals surface area (Å²) in [5, 5.41) is 11.4. The Morgan fingerprint density at radius 2 is 2.18 bits per heavy atom. The molecule has 0 heterocycles. The maximum Gasteiger partial charge on any atom is 0.234 e. The smallest absolute Gasteiger partial charge is 0.234 e. The summed E-state index contributed by atoms with van der Waals surface area (Å²) < 4.78 is 0. The largest absolute Gasteiger partial charge is 0.327 e. The lowest BCUT2D eigenvalue weighted by Gasteiger charge is -2.06. The number of thioether (sulfide) groups is 1. The normalized spacial score (nSPS) is 11.6. The van der Waals surface area contributed by atoms with Crippen LogP contribution in [0.4, 0.5) is 5.69 Å². The number of anilines is 1. The van der Waals surface area contributed by atoms with E-state index in [4.69, 9.17) is 11.0 Å². The first kappa shape index (κ1) is 13.6. The minimum Gasteiger partial charge on any atom is -0.327 e. The Labute approximate surface area is 105 Å². The maximum atomic E-state index is 11.5. The highest BCUT2D eigenvalue weighted by molar-refractivity contribution is 8.00. The van der Waals surface area contributed by atoms with Gasteiger partial charge in [-0.1, -0.05) is 0 Å². The van der Waals surface area contributed by atoms with Crippen LogP contribution in [0.5, 0.6) is 0 Å². The van der Waals surface area contributed by atoms with E-state index in [9.17, 15) is 4.79 Å². The highest BCUT2D eigenvalue weighted by atomic mass is 32.2. The topological polar surface area (TPSA) is 78.9 Å². The Morgan fingerprint density at radius 3 is 2.71 bits per heavy atom. The van der Waals surface area contributed by atoms with E-state index in [-0.39, 0.29) is 11.9 Å². The van der Waals surface area contributed by atoms with Gasteiger partial charge in [0, 0.05) is 17.5 Å². The summed E-state index contributed by atoms with van der Waals surface area (Å²) in [7, 11) is 0.